The molecule has 0 aromatic heterocycles. The monoisotopic (exact) mass is 271 g/mol. The van der Waals surface area contributed by atoms with Gasteiger partial charge < -0.3 is 12.3 Å². The SMILES string of the molecule is C[SiH](C)O[Si](C)(O[SiH](C)C)O[SiH](C)C.[H+].[H+].[H+]. The van der Waals surface area contributed by atoms with Crippen molar-refractivity contribution in [2.24, 2.45) is 0 Å². The van der Waals surface area contributed by atoms with Crippen LogP contribution in [0.15, 0.2) is 0 Å². The molecule has 0 saturated heterocycles. The Hall–Kier alpha value is 0.748. The minimum atomic E-state index is -2.25. The van der Waals surface area contributed by atoms with Gasteiger partial charge in [0.25, 0.3) is 0 Å². The maximum atomic E-state index is 5.96. The minimum absolute atomic E-state index is 0. The van der Waals surface area contributed by atoms with Gasteiger partial charge in [0.15, 0.2) is 27.1 Å². The van der Waals surface area contributed by atoms with Crippen LogP contribution in [0.4, 0.5) is 0 Å². The summed E-state index contributed by atoms with van der Waals surface area (Å²) in [5, 5.41) is 0. The molecule has 7 heteroatoms. The van der Waals surface area contributed by atoms with Crippen molar-refractivity contribution in [3.63, 3.8) is 0 Å². The Morgan fingerprint density at radius 1 is 0.714 bits per heavy atom. The zero-order valence-electron chi connectivity index (χ0n) is 13.5. The molecule has 0 aromatic carbocycles. The third-order valence-electron chi connectivity index (χ3n) is 1.35. The highest BCUT2D eigenvalue weighted by molar-refractivity contribution is 6.79. The summed E-state index contributed by atoms with van der Waals surface area (Å²) in [5.41, 5.74) is 0. The second kappa shape index (κ2) is 6.36. The lowest BCUT2D eigenvalue weighted by Gasteiger charge is -2.32. The highest BCUT2D eigenvalue weighted by Crippen LogP contribution is 2.13. The predicted molar refractivity (Wildman–Crippen MR) is 74.8 cm³/mol. The lowest BCUT2D eigenvalue weighted by molar-refractivity contribution is 0.280. The van der Waals surface area contributed by atoms with Crippen LogP contribution in [0.1, 0.15) is 4.28 Å². The lowest BCUT2D eigenvalue weighted by Crippen LogP contribution is -2.50. The molecule has 0 amide bonds. The van der Waals surface area contributed by atoms with Crippen molar-refractivity contribution in [1.29, 1.82) is 0 Å². The van der Waals surface area contributed by atoms with Crippen molar-refractivity contribution in [3.8, 4) is 0 Å². The van der Waals surface area contributed by atoms with Gasteiger partial charge in [0.1, 0.15) is 0 Å². The maximum absolute atomic E-state index is 5.96. The summed E-state index contributed by atoms with van der Waals surface area (Å²) in [5.74, 6) is 0. The molecule has 0 aliphatic carbocycles. The molecule has 0 heterocycles. The standard InChI is InChI=1S/C7H24O3Si4/c1-11(2)8-14(7,9-12(3)4)10-13(5)6/h11-13H,1-7H3/p+3. The molecule has 0 aliphatic rings. The largest absolute Gasteiger partial charge is 1.00 e. The van der Waals surface area contributed by atoms with Crippen LogP contribution in [-0.4, -0.2) is 35.9 Å². The summed E-state index contributed by atoms with van der Waals surface area (Å²) in [6.07, 6.45) is 0. The van der Waals surface area contributed by atoms with Gasteiger partial charge in [0, 0.05) is 6.55 Å². The van der Waals surface area contributed by atoms with Gasteiger partial charge in [-0.15, -0.1) is 0 Å². The van der Waals surface area contributed by atoms with E-state index in [1.807, 2.05) is 0 Å². The molecule has 0 aromatic rings. The molecule has 0 atom stereocenters. The van der Waals surface area contributed by atoms with Crippen LogP contribution >= 0.6 is 0 Å². The van der Waals surface area contributed by atoms with E-state index in [9.17, 15) is 0 Å². The molecule has 0 radical (unpaired) electrons. The summed E-state index contributed by atoms with van der Waals surface area (Å²) in [6, 6.07) is 0. The van der Waals surface area contributed by atoms with E-state index in [0.717, 1.165) is 0 Å². The van der Waals surface area contributed by atoms with E-state index in [1.165, 1.54) is 0 Å². The Kier molecular flexibility index (Phi) is 6.70. The summed E-state index contributed by atoms with van der Waals surface area (Å²) < 4.78 is 17.9. The van der Waals surface area contributed by atoms with Crippen LogP contribution in [0.25, 0.3) is 0 Å². The molecule has 0 spiro atoms. The van der Waals surface area contributed by atoms with Crippen LogP contribution < -0.4 is 0 Å². The molecule has 14 heavy (non-hydrogen) atoms. The quantitative estimate of drug-likeness (QED) is 0.691. The number of hydrogen-bond acceptors (Lipinski definition) is 3. The van der Waals surface area contributed by atoms with Crippen molar-refractivity contribution < 1.29 is 16.6 Å². The fourth-order valence-corrected chi connectivity index (χ4v) is 13.8. The Morgan fingerprint density at radius 2 is 0.929 bits per heavy atom. The van der Waals surface area contributed by atoms with E-state index < -0.39 is 35.9 Å². The van der Waals surface area contributed by atoms with Crippen LogP contribution in [0, 0.1) is 0 Å². The molecule has 0 saturated carbocycles. The predicted octanol–water partition coefficient (Wildman–Crippen LogP) is 1.89. The molecular weight excluding hydrogens is 244 g/mol. The van der Waals surface area contributed by atoms with E-state index >= 15 is 0 Å². The summed E-state index contributed by atoms with van der Waals surface area (Å²) in [4.78, 5) is 0. The number of rotatable bonds is 6. The molecule has 0 unspecified atom stereocenters. The second-order valence-corrected chi connectivity index (χ2v) is 15.2. The van der Waals surface area contributed by atoms with Gasteiger partial charge in [-0.25, -0.2) is 0 Å². The first-order chi connectivity index (χ1) is 6.25. The third-order valence-corrected chi connectivity index (χ3v) is 12.1. The first-order valence-electron chi connectivity index (χ1n) is 5.28. The highest BCUT2D eigenvalue weighted by atomic mass is 28.5. The van der Waals surface area contributed by atoms with E-state index in [1.54, 1.807) is 0 Å². The lowest BCUT2D eigenvalue weighted by atomic mass is 11.9. The highest BCUT2D eigenvalue weighted by Gasteiger charge is 2.36. The van der Waals surface area contributed by atoms with Gasteiger partial charge in [0.05, 0.1) is 0 Å². The average Bonchev–Trinajstić information content (AvgIpc) is 1.76. The van der Waals surface area contributed by atoms with Crippen molar-refractivity contribution in [2.75, 3.05) is 0 Å². The van der Waals surface area contributed by atoms with Crippen LogP contribution in [0.3, 0.4) is 0 Å². The topological polar surface area (TPSA) is 27.7 Å². The summed E-state index contributed by atoms with van der Waals surface area (Å²) in [7, 11) is -5.42. The van der Waals surface area contributed by atoms with Crippen molar-refractivity contribution in [3.05, 3.63) is 0 Å². The van der Waals surface area contributed by atoms with Gasteiger partial charge >= 0.3 is 13.1 Å². The van der Waals surface area contributed by atoms with Gasteiger partial charge in [-0.1, -0.05) is 0 Å². The van der Waals surface area contributed by atoms with Gasteiger partial charge in [0.2, 0.25) is 0 Å². The van der Waals surface area contributed by atoms with Crippen LogP contribution in [-0.2, 0) is 12.3 Å². The third kappa shape index (κ3) is 7.09. The molecule has 0 aliphatic heterocycles. The zero-order chi connectivity index (χ0) is 11.4. The molecule has 0 fully saturated rings. The minimum Gasteiger partial charge on any atom is -0.420 e. The number of hydrogen-bond donors (Lipinski definition) is 0. The molecular formula is C7H27O3Si4+3. The molecule has 3 nitrogen and oxygen atoms in total. The fourth-order valence-electron chi connectivity index (χ4n) is 1.37. The van der Waals surface area contributed by atoms with E-state index in [4.69, 9.17) is 12.3 Å². The second-order valence-electron chi connectivity index (χ2n) is 4.36. The average molecular weight is 272 g/mol. The molecule has 0 bridgehead atoms. The maximum Gasteiger partial charge on any atom is 1.00 e. The van der Waals surface area contributed by atoms with Gasteiger partial charge in [-0.3, -0.25) is 0 Å². The molecule has 0 rings (SSSR count). The van der Waals surface area contributed by atoms with Crippen molar-refractivity contribution >= 4 is 35.9 Å². The fraction of sp³-hybridized carbons (Fsp3) is 1.00. The first kappa shape index (κ1) is 14.7. The summed E-state index contributed by atoms with van der Waals surface area (Å²) >= 11 is 0. The summed E-state index contributed by atoms with van der Waals surface area (Å²) in [6.45, 7) is 15.1. The smallest absolute Gasteiger partial charge is 0.420 e. The van der Waals surface area contributed by atoms with E-state index in [0.29, 0.717) is 0 Å². The van der Waals surface area contributed by atoms with E-state index in [-0.39, 0.29) is 4.28 Å². The van der Waals surface area contributed by atoms with Crippen LogP contribution in [0.5, 0.6) is 0 Å². The van der Waals surface area contributed by atoms with Gasteiger partial charge in [-0.05, 0) is 39.3 Å². The Morgan fingerprint density at radius 3 is 1.07 bits per heavy atom. The van der Waals surface area contributed by atoms with Crippen molar-refractivity contribution in [2.45, 2.75) is 45.8 Å². The van der Waals surface area contributed by atoms with Crippen molar-refractivity contribution in [1.82, 2.24) is 0 Å². The zero-order valence-corrected chi connectivity index (χ0v) is 14.9. The van der Waals surface area contributed by atoms with Gasteiger partial charge in [-0.2, -0.15) is 0 Å². The Bertz CT molecular complexity index is 148. The molecule has 0 N–H and O–H groups in total. The molecule has 86 valence electrons. The van der Waals surface area contributed by atoms with E-state index in [2.05, 4.69) is 45.8 Å². The normalized spacial score (nSPS) is 13.3. The Labute approximate surface area is 98.8 Å². The first-order valence-corrected chi connectivity index (χ1v) is 15.9. The Balaban J connectivity index is -0.000000282. The van der Waals surface area contributed by atoms with Crippen LogP contribution in [0.2, 0.25) is 45.8 Å².